The van der Waals surface area contributed by atoms with E-state index in [1.807, 2.05) is 24.3 Å². The Labute approximate surface area is 180 Å². The minimum absolute atomic E-state index is 0.000646. The summed E-state index contributed by atoms with van der Waals surface area (Å²) < 4.78 is 6.13. The molecule has 0 spiro atoms. The molecule has 2 rings (SSSR count). The van der Waals surface area contributed by atoms with Crippen LogP contribution in [-0.4, -0.2) is 54.1 Å². The topological polar surface area (TPSA) is 87.7 Å². The molecule has 0 aromatic heterocycles. The van der Waals surface area contributed by atoms with Crippen LogP contribution < -0.4 is 10.6 Å². The first-order chi connectivity index (χ1) is 13.6. The maximum Gasteiger partial charge on any atom is 0.407 e. The van der Waals surface area contributed by atoms with Crippen LogP contribution in [0.1, 0.15) is 45.6 Å². The standard InChI is InChI=1S/C21H30BrN3O4/c1-21(2,3)29-20(28)23-11-8-19(27)25-12-9-17(10-13-25)24-18(26)14-15-4-6-16(22)7-5-15/h4-7,17H,8-14H2,1-3H3,(H,23,28)(H,24,26). The molecule has 1 aromatic carbocycles. The van der Waals surface area contributed by atoms with Crippen molar-refractivity contribution >= 4 is 33.8 Å². The summed E-state index contributed by atoms with van der Waals surface area (Å²) in [6, 6.07) is 7.78. The maximum atomic E-state index is 12.3. The van der Waals surface area contributed by atoms with Crippen LogP contribution in [0.15, 0.2) is 28.7 Å². The lowest BCUT2D eigenvalue weighted by Crippen LogP contribution is -2.47. The number of nitrogens with one attached hydrogen (secondary N) is 2. The molecule has 0 atom stereocenters. The van der Waals surface area contributed by atoms with Gasteiger partial charge in [0.05, 0.1) is 6.42 Å². The van der Waals surface area contributed by atoms with E-state index in [2.05, 4.69) is 26.6 Å². The van der Waals surface area contributed by atoms with Gasteiger partial charge in [-0.1, -0.05) is 28.1 Å². The van der Waals surface area contributed by atoms with Gasteiger partial charge in [-0.05, 0) is 51.3 Å². The predicted molar refractivity (Wildman–Crippen MR) is 114 cm³/mol. The molecule has 8 heteroatoms. The zero-order valence-corrected chi connectivity index (χ0v) is 18.9. The van der Waals surface area contributed by atoms with E-state index in [4.69, 9.17) is 4.74 Å². The average Bonchev–Trinajstić information content (AvgIpc) is 2.62. The van der Waals surface area contributed by atoms with Crippen LogP contribution in [0.4, 0.5) is 4.79 Å². The summed E-state index contributed by atoms with van der Waals surface area (Å²) in [4.78, 5) is 37.9. The highest BCUT2D eigenvalue weighted by Gasteiger charge is 2.24. The summed E-state index contributed by atoms with van der Waals surface area (Å²) in [5.41, 5.74) is 0.411. The lowest BCUT2D eigenvalue weighted by molar-refractivity contribution is -0.132. The largest absolute Gasteiger partial charge is 0.444 e. The molecule has 7 nitrogen and oxygen atoms in total. The van der Waals surface area contributed by atoms with E-state index in [0.29, 0.717) is 19.5 Å². The maximum absolute atomic E-state index is 12.3. The van der Waals surface area contributed by atoms with Gasteiger partial charge >= 0.3 is 6.09 Å². The molecule has 3 amide bonds. The number of piperidine rings is 1. The molecule has 2 N–H and O–H groups in total. The van der Waals surface area contributed by atoms with Gasteiger partial charge in [0, 0.05) is 36.6 Å². The van der Waals surface area contributed by atoms with Gasteiger partial charge in [-0.25, -0.2) is 4.79 Å². The van der Waals surface area contributed by atoms with Gasteiger partial charge in [-0.3, -0.25) is 9.59 Å². The number of hydrogen-bond donors (Lipinski definition) is 2. The Morgan fingerprint density at radius 3 is 2.34 bits per heavy atom. The Bertz CT molecular complexity index is 708. The van der Waals surface area contributed by atoms with Crippen molar-refractivity contribution < 1.29 is 19.1 Å². The van der Waals surface area contributed by atoms with Crippen molar-refractivity contribution in [3.63, 3.8) is 0 Å². The van der Waals surface area contributed by atoms with Crippen molar-refractivity contribution in [2.75, 3.05) is 19.6 Å². The first-order valence-electron chi connectivity index (χ1n) is 9.91. The van der Waals surface area contributed by atoms with Crippen LogP contribution in [0.3, 0.4) is 0 Å². The molecule has 1 aliphatic heterocycles. The number of carbonyl (C=O) groups excluding carboxylic acids is 3. The fourth-order valence-electron chi connectivity index (χ4n) is 3.08. The lowest BCUT2D eigenvalue weighted by Gasteiger charge is -2.32. The molecule has 0 aliphatic carbocycles. The van der Waals surface area contributed by atoms with Crippen LogP contribution >= 0.6 is 15.9 Å². The highest BCUT2D eigenvalue weighted by Crippen LogP contribution is 2.14. The summed E-state index contributed by atoms with van der Waals surface area (Å²) >= 11 is 3.38. The van der Waals surface area contributed by atoms with E-state index in [0.717, 1.165) is 22.9 Å². The van der Waals surface area contributed by atoms with Crippen LogP contribution in [-0.2, 0) is 20.7 Å². The Balaban J connectivity index is 1.65. The third-order valence-corrected chi connectivity index (χ3v) is 5.03. The van der Waals surface area contributed by atoms with Crippen LogP contribution in [0.2, 0.25) is 0 Å². The van der Waals surface area contributed by atoms with Gasteiger partial charge in [0.15, 0.2) is 0 Å². The molecule has 1 fully saturated rings. The molecular formula is C21H30BrN3O4. The van der Waals surface area contributed by atoms with Crippen molar-refractivity contribution in [3.8, 4) is 0 Å². The van der Waals surface area contributed by atoms with Crippen molar-refractivity contribution in [2.24, 2.45) is 0 Å². The second kappa shape index (κ2) is 10.6. The number of halogens is 1. The van der Waals surface area contributed by atoms with Crippen LogP contribution in [0.5, 0.6) is 0 Å². The SMILES string of the molecule is CC(C)(C)OC(=O)NCCC(=O)N1CCC(NC(=O)Cc2ccc(Br)cc2)CC1. The summed E-state index contributed by atoms with van der Waals surface area (Å²) in [7, 11) is 0. The quantitative estimate of drug-likeness (QED) is 0.672. The molecule has 1 aromatic rings. The van der Waals surface area contributed by atoms with E-state index in [-0.39, 0.29) is 30.8 Å². The first-order valence-corrected chi connectivity index (χ1v) is 10.7. The van der Waals surface area contributed by atoms with Crippen molar-refractivity contribution in [3.05, 3.63) is 34.3 Å². The van der Waals surface area contributed by atoms with Crippen LogP contribution in [0.25, 0.3) is 0 Å². The van der Waals surface area contributed by atoms with Gasteiger partial charge in [-0.2, -0.15) is 0 Å². The van der Waals surface area contributed by atoms with Crippen molar-refractivity contribution in [2.45, 2.75) is 58.1 Å². The molecule has 29 heavy (non-hydrogen) atoms. The minimum atomic E-state index is -0.558. The number of likely N-dealkylation sites (tertiary alicyclic amines) is 1. The Hall–Kier alpha value is -2.09. The molecule has 1 heterocycles. The zero-order chi connectivity index (χ0) is 21.4. The molecule has 0 unspecified atom stereocenters. The number of benzene rings is 1. The second-order valence-electron chi connectivity index (χ2n) is 8.20. The smallest absolute Gasteiger partial charge is 0.407 e. The first kappa shape index (κ1) is 23.2. The normalized spacial score (nSPS) is 15.0. The molecular weight excluding hydrogens is 438 g/mol. The molecule has 0 saturated carbocycles. The van der Waals surface area contributed by atoms with E-state index in [1.165, 1.54) is 0 Å². The Morgan fingerprint density at radius 2 is 1.76 bits per heavy atom. The number of hydrogen-bond acceptors (Lipinski definition) is 4. The number of amides is 3. The molecule has 160 valence electrons. The van der Waals surface area contributed by atoms with Crippen molar-refractivity contribution in [1.82, 2.24) is 15.5 Å². The van der Waals surface area contributed by atoms with Gasteiger partial charge in [0.2, 0.25) is 11.8 Å². The molecule has 1 saturated heterocycles. The summed E-state index contributed by atoms with van der Waals surface area (Å²) in [5, 5.41) is 5.66. The van der Waals surface area contributed by atoms with Gasteiger partial charge in [0.1, 0.15) is 5.60 Å². The summed E-state index contributed by atoms with van der Waals surface area (Å²) in [5.74, 6) is -0.000595. The highest BCUT2D eigenvalue weighted by molar-refractivity contribution is 9.10. The summed E-state index contributed by atoms with van der Waals surface area (Å²) in [6.45, 7) is 6.83. The predicted octanol–water partition coefficient (Wildman–Crippen LogP) is 3.01. The molecule has 1 aliphatic rings. The number of nitrogens with zero attached hydrogens (tertiary/aromatic N) is 1. The highest BCUT2D eigenvalue weighted by atomic mass is 79.9. The fourth-order valence-corrected chi connectivity index (χ4v) is 3.35. The minimum Gasteiger partial charge on any atom is -0.444 e. The Morgan fingerprint density at radius 1 is 1.14 bits per heavy atom. The summed E-state index contributed by atoms with van der Waals surface area (Å²) in [6.07, 6.45) is 1.54. The van der Waals surface area contributed by atoms with Gasteiger partial charge < -0.3 is 20.3 Å². The number of rotatable bonds is 6. The third kappa shape index (κ3) is 8.85. The molecule has 0 radical (unpaired) electrons. The average molecular weight is 468 g/mol. The van der Waals surface area contributed by atoms with Crippen molar-refractivity contribution in [1.29, 1.82) is 0 Å². The zero-order valence-electron chi connectivity index (χ0n) is 17.3. The number of carbonyl (C=O) groups is 3. The number of alkyl carbamates (subject to hydrolysis) is 1. The second-order valence-corrected chi connectivity index (χ2v) is 9.12. The fraction of sp³-hybridized carbons (Fsp3) is 0.571. The van der Waals surface area contributed by atoms with E-state index in [9.17, 15) is 14.4 Å². The van der Waals surface area contributed by atoms with E-state index < -0.39 is 11.7 Å². The Kier molecular flexibility index (Phi) is 8.49. The third-order valence-electron chi connectivity index (χ3n) is 4.50. The monoisotopic (exact) mass is 467 g/mol. The van der Waals surface area contributed by atoms with E-state index >= 15 is 0 Å². The number of ether oxygens (including phenoxy) is 1. The molecule has 0 bridgehead atoms. The van der Waals surface area contributed by atoms with E-state index in [1.54, 1.807) is 25.7 Å². The van der Waals surface area contributed by atoms with Gasteiger partial charge in [-0.15, -0.1) is 0 Å². The van der Waals surface area contributed by atoms with Gasteiger partial charge in [0.25, 0.3) is 0 Å². The lowest BCUT2D eigenvalue weighted by atomic mass is 10.0. The van der Waals surface area contributed by atoms with Crippen LogP contribution in [0, 0.1) is 0 Å².